The summed E-state index contributed by atoms with van der Waals surface area (Å²) in [6, 6.07) is 3.51. The van der Waals surface area contributed by atoms with Crippen molar-refractivity contribution in [3.8, 4) is 17.2 Å². The second-order valence-corrected chi connectivity index (χ2v) is 5.45. The minimum Gasteiger partial charge on any atom is -0.493 e. The molecule has 0 aliphatic rings. The highest BCUT2D eigenvalue weighted by Gasteiger charge is 2.13. The summed E-state index contributed by atoms with van der Waals surface area (Å²) < 4.78 is 42.0. The summed E-state index contributed by atoms with van der Waals surface area (Å²) in [4.78, 5) is 0. The normalized spacial score (nSPS) is 11.2. The molecule has 0 aliphatic heterocycles. The average molecular weight is 290 g/mol. The minimum atomic E-state index is -3.43. The Balaban J connectivity index is 2.90. The predicted molar refractivity (Wildman–Crippen MR) is 70.6 cm³/mol. The van der Waals surface area contributed by atoms with E-state index in [0.29, 0.717) is 23.7 Å². The Bertz CT molecular complexity index is 498. The zero-order valence-electron chi connectivity index (χ0n) is 11.4. The summed E-state index contributed by atoms with van der Waals surface area (Å²) in [5, 5.41) is 0. The fraction of sp³-hybridized carbons (Fsp3) is 0.500. The lowest BCUT2D eigenvalue weighted by molar-refractivity contribution is 0.318. The van der Waals surface area contributed by atoms with E-state index in [-0.39, 0.29) is 6.61 Å². The lowest BCUT2D eigenvalue weighted by Gasteiger charge is -2.14. The van der Waals surface area contributed by atoms with Gasteiger partial charge in [-0.1, -0.05) is 0 Å². The van der Waals surface area contributed by atoms with Gasteiger partial charge in [0, 0.05) is 0 Å². The largest absolute Gasteiger partial charge is 0.493 e. The summed E-state index contributed by atoms with van der Waals surface area (Å²) in [7, 11) is 1.14. The first-order chi connectivity index (χ1) is 8.91. The van der Waals surface area contributed by atoms with Gasteiger partial charge in [-0.2, -0.15) is 8.42 Å². The van der Waals surface area contributed by atoms with Crippen LogP contribution in [0.15, 0.2) is 12.1 Å². The minimum absolute atomic E-state index is 0.0669. The van der Waals surface area contributed by atoms with Crippen LogP contribution in [0.25, 0.3) is 0 Å². The first-order valence-corrected chi connectivity index (χ1v) is 7.36. The molecule has 0 fully saturated rings. The molecule has 1 aromatic rings. The van der Waals surface area contributed by atoms with Crippen molar-refractivity contribution in [1.82, 2.24) is 0 Å². The maximum atomic E-state index is 10.9. The third-order valence-corrected chi connectivity index (χ3v) is 3.01. The molecule has 0 radical (unpaired) electrons. The Kier molecular flexibility index (Phi) is 5.44. The molecule has 0 spiro atoms. The Labute approximate surface area is 113 Å². The quantitative estimate of drug-likeness (QED) is 0.703. The number of rotatable bonds is 7. The van der Waals surface area contributed by atoms with E-state index in [1.54, 1.807) is 12.1 Å². The molecule has 19 heavy (non-hydrogen) atoms. The molecule has 0 unspecified atom stereocenters. The second kappa shape index (κ2) is 6.63. The van der Waals surface area contributed by atoms with Gasteiger partial charge in [0.15, 0.2) is 11.5 Å². The zero-order chi connectivity index (χ0) is 14.5. The molecule has 0 bridgehead atoms. The summed E-state index contributed by atoms with van der Waals surface area (Å²) in [5.41, 5.74) is 0.832. The smallest absolute Gasteiger partial charge is 0.264 e. The molecule has 0 atom stereocenters. The van der Waals surface area contributed by atoms with Crippen LogP contribution in [0.5, 0.6) is 17.2 Å². The van der Waals surface area contributed by atoms with Crippen LogP contribution >= 0.6 is 0 Å². The molecule has 108 valence electrons. The van der Waals surface area contributed by atoms with E-state index in [1.807, 2.05) is 0 Å². The molecule has 1 aromatic carbocycles. The van der Waals surface area contributed by atoms with Gasteiger partial charge in [0.25, 0.3) is 10.1 Å². The third-order valence-electron chi connectivity index (χ3n) is 2.41. The lowest BCUT2D eigenvalue weighted by Crippen LogP contribution is -2.06. The van der Waals surface area contributed by atoms with E-state index in [2.05, 4.69) is 0 Å². The number of ether oxygens (including phenoxy) is 3. The van der Waals surface area contributed by atoms with Crippen molar-refractivity contribution >= 4 is 10.1 Å². The van der Waals surface area contributed by atoms with Crippen LogP contribution in [-0.4, -0.2) is 42.6 Å². The van der Waals surface area contributed by atoms with Gasteiger partial charge in [0.1, 0.15) is 0 Å². The molecule has 0 saturated carbocycles. The third kappa shape index (κ3) is 4.60. The summed E-state index contributed by atoms with van der Waals surface area (Å²) in [6.07, 6.45) is 1.44. The van der Waals surface area contributed by atoms with E-state index in [1.165, 1.54) is 21.3 Å². The molecule has 7 heteroatoms. The molecule has 1 rings (SSSR count). The van der Waals surface area contributed by atoms with Gasteiger partial charge in [0.05, 0.1) is 34.2 Å². The topological polar surface area (TPSA) is 71.1 Å². The van der Waals surface area contributed by atoms with Crippen molar-refractivity contribution in [3.63, 3.8) is 0 Å². The van der Waals surface area contributed by atoms with E-state index < -0.39 is 10.1 Å². The first-order valence-electron chi connectivity index (χ1n) is 5.54. The highest BCUT2D eigenvalue weighted by Crippen LogP contribution is 2.38. The van der Waals surface area contributed by atoms with E-state index in [0.717, 1.165) is 11.8 Å². The molecule has 6 nitrogen and oxygen atoms in total. The monoisotopic (exact) mass is 290 g/mol. The van der Waals surface area contributed by atoms with Gasteiger partial charge in [-0.25, -0.2) is 0 Å². The van der Waals surface area contributed by atoms with Crippen molar-refractivity contribution in [2.75, 3.05) is 34.2 Å². The van der Waals surface area contributed by atoms with Crippen LogP contribution < -0.4 is 14.2 Å². The zero-order valence-corrected chi connectivity index (χ0v) is 12.2. The van der Waals surface area contributed by atoms with Crippen LogP contribution in [-0.2, 0) is 20.7 Å². The van der Waals surface area contributed by atoms with E-state index >= 15 is 0 Å². The molecule has 0 aliphatic carbocycles. The van der Waals surface area contributed by atoms with Crippen LogP contribution in [0.2, 0.25) is 0 Å². The standard InChI is InChI=1S/C12H18O6S/c1-15-10-7-9(5-6-18-19(4,13)14)8-11(16-2)12(10)17-3/h7-8H,5-6H2,1-4H3. The van der Waals surface area contributed by atoms with E-state index in [4.69, 9.17) is 18.4 Å². The van der Waals surface area contributed by atoms with Gasteiger partial charge < -0.3 is 14.2 Å². The van der Waals surface area contributed by atoms with Crippen molar-refractivity contribution in [1.29, 1.82) is 0 Å². The molecule has 0 N–H and O–H groups in total. The van der Waals surface area contributed by atoms with Crippen LogP contribution in [0.1, 0.15) is 5.56 Å². The van der Waals surface area contributed by atoms with E-state index in [9.17, 15) is 8.42 Å². The molecule has 0 saturated heterocycles. The average Bonchev–Trinajstić information content (AvgIpc) is 2.35. The summed E-state index contributed by atoms with van der Waals surface area (Å²) >= 11 is 0. The van der Waals surface area contributed by atoms with Gasteiger partial charge in [-0.15, -0.1) is 0 Å². The molecule has 0 amide bonds. The first kappa shape index (κ1) is 15.6. The maximum absolute atomic E-state index is 10.9. The second-order valence-electron chi connectivity index (χ2n) is 3.81. The fourth-order valence-electron chi connectivity index (χ4n) is 1.59. The van der Waals surface area contributed by atoms with Gasteiger partial charge in [-0.05, 0) is 24.1 Å². The summed E-state index contributed by atoms with van der Waals surface area (Å²) in [5.74, 6) is 1.55. The number of hydrogen-bond donors (Lipinski definition) is 0. The lowest BCUT2D eigenvalue weighted by atomic mass is 10.1. The van der Waals surface area contributed by atoms with Crippen LogP contribution in [0.4, 0.5) is 0 Å². The summed E-state index contributed by atoms with van der Waals surface area (Å²) in [6.45, 7) is 0.0669. The Morgan fingerprint density at radius 3 is 1.89 bits per heavy atom. The number of methoxy groups -OCH3 is 3. The van der Waals surface area contributed by atoms with Gasteiger partial charge in [0.2, 0.25) is 5.75 Å². The van der Waals surface area contributed by atoms with Crippen molar-refractivity contribution in [2.24, 2.45) is 0 Å². The van der Waals surface area contributed by atoms with Crippen molar-refractivity contribution in [2.45, 2.75) is 6.42 Å². The highest BCUT2D eigenvalue weighted by atomic mass is 32.2. The molecular formula is C12H18O6S. The highest BCUT2D eigenvalue weighted by molar-refractivity contribution is 7.85. The fourth-order valence-corrected chi connectivity index (χ4v) is 1.98. The number of hydrogen-bond acceptors (Lipinski definition) is 6. The predicted octanol–water partition coefficient (Wildman–Crippen LogP) is 1.23. The molecule has 0 heterocycles. The van der Waals surface area contributed by atoms with Crippen molar-refractivity contribution in [3.05, 3.63) is 17.7 Å². The SMILES string of the molecule is COc1cc(CCOS(C)(=O)=O)cc(OC)c1OC. The molecular weight excluding hydrogens is 272 g/mol. The Hall–Kier alpha value is -1.47. The maximum Gasteiger partial charge on any atom is 0.264 e. The Morgan fingerprint density at radius 1 is 1.00 bits per heavy atom. The van der Waals surface area contributed by atoms with Crippen LogP contribution in [0.3, 0.4) is 0 Å². The van der Waals surface area contributed by atoms with Crippen LogP contribution in [0, 0.1) is 0 Å². The molecule has 0 aromatic heterocycles. The van der Waals surface area contributed by atoms with Crippen molar-refractivity contribution < 1.29 is 26.8 Å². The number of benzene rings is 1. The van der Waals surface area contributed by atoms with Gasteiger partial charge >= 0.3 is 0 Å². The Morgan fingerprint density at radius 2 is 1.53 bits per heavy atom. The van der Waals surface area contributed by atoms with Gasteiger partial charge in [-0.3, -0.25) is 4.18 Å².